The molecule has 0 amide bonds. The summed E-state index contributed by atoms with van der Waals surface area (Å²) in [6.45, 7) is 1.36. The van der Waals surface area contributed by atoms with Crippen molar-refractivity contribution in [1.82, 2.24) is 24.6 Å². The van der Waals surface area contributed by atoms with Gasteiger partial charge in [-0.2, -0.15) is 5.10 Å². The fourth-order valence-corrected chi connectivity index (χ4v) is 2.89. The van der Waals surface area contributed by atoms with Crippen LogP contribution >= 0.6 is 0 Å². The maximum absolute atomic E-state index is 6.19. The highest BCUT2D eigenvalue weighted by Crippen LogP contribution is 2.34. The van der Waals surface area contributed by atoms with E-state index in [1.165, 1.54) is 0 Å². The van der Waals surface area contributed by atoms with Crippen LogP contribution in [0.3, 0.4) is 0 Å². The van der Waals surface area contributed by atoms with E-state index in [1.807, 2.05) is 38.4 Å². The zero-order valence-corrected chi connectivity index (χ0v) is 15.2. The Kier molecular flexibility index (Phi) is 5.04. The van der Waals surface area contributed by atoms with E-state index in [0.29, 0.717) is 36.2 Å². The Bertz CT molecular complexity index is 906. The highest BCUT2D eigenvalue weighted by molar-refractivity contribution is 5.74. The number of nitrogens with two attached hydrogens (primary N) is 2. The van der Waals surface area contributed by atoms with Crippen LogP contribution in [0.5, 0.6) is 5.75 Å². The van der Waals surface area contributed by atoms with E-state index in [2.05, 4.69) is 20.0 Å². The predicted octanol–water partition coefficient (Wildman–Crippen LogP) is 1.68. The number of pyridine rings is 1. The van der Waals surface area contributed by atoms with Crippen LogP contribution in [0.25, 0.3) is 11.4 Å². The van der Waals surface area contributed by atoms with Crippen LogP contribution < -0.4 is 16.2 Å². The molecule has 136 valence electrons. The first-order chi connectivity index (χ1) is 12.5. The number of ether oxygens (including phenoxy) is 1. The number of anilines is 2. The van der Waals surface area contributed by atoms with E-state index in [4.69, 9.17) is 16.2 Å². The van der Waals surface area contributed by atoms with Crippen molar-refractivity contribution in [2.24, 2.45) is 7.05 Å². The van der Waals surface area contributed by atoms with Gasteiger partial charge in [-0.3, -0.25) is 9.58 Å². The van der Waals surface area contributed by atoms with E-state index in [-0.39, 0.29) is 0 Å². The quantitative estimate of drug-likeness (QED) is 0.649. The minimum atomic E-state index is 0.521. The van der Waals surface area contributed by atoms with Crippen molar-refractivity contribution >= 4 is 11.5 Å². The van der Waals surface area contributed by atoms with Gasteiger partial charge in [0.15, 0.2) is 11.6 Å². The predicted molar refractivity (Wildman–Crippen MR) is 101 cm³/mol. The molecule has 0 saturated heterocycles. The molecule has 0 fully saturated rings. The number of hydrogen-bond acceptors (Lipinski definition) is 7. The Labute approximate surface area is 152 Å². The minimum absolute atomic E-state index is 0.521. The molecule has 0 atom stereocenters. The first-order valence-corrected chi connectivity index (χ1v) is 8.18. The number of methoxy groups -OCH3 is 1. The van der Waals surface area contributed by atoms with Gasteiger partial charge in [0.1, 0.15) is 12.1 Å². The summed E-state index contributed by atoms with van der Waals surface area (Å²) in [5.74, 6) is 1.69. The summed E-state index contributed by atoms with van der Waals surface area (Å²) in [5.41, 5.74) is 15.2. The van der Waals surface area contributed by atoms with E-state index in [0.717, 1.165) is 16.8 Å². The van der Waals surface area contributed by atoms with Crippen molar-refractivity contribution in [2.75, 3.05) is 25.6 Å². The molecule has 3 rings (SSSR count). The van der Waals surface area contributed by atoms with Gasteiger partial charge in [-0.25, -0.2) is 9.97 Å². The third-order valence-corrected chi connectivity index (χ3v) is 3.93. The molecule has 0 aliphatic rings. The molecule has 2 aromatic heterocycles. The second kappa shape index (κ2) is 7.40. The number of aryl methyl sites for hydroxylation is 1. The molecule has 2 heterocycles. The van der Waals surface area contributed by atoms with Crippen LogP contribution in [-0.2, 0) is 20.1 Å². The molecule has 0 aliphatic carbocycles. The van der Waals surface area contributed by atoms with Crippen molar-refractivity contribution in [3.05, 3.63) is 47.9 Å². The summed E-state index contributed by atoms with van der Waals surface area (Å²) in [6, 6.07) is 9.56. The van der Waals surface area contributed by atoms with Crippen molar-refractivity contribution in [3.63, 3.8) is 0 Å². The molecule has 8 nitrogen and oxygen atoms in total. The van der Waals surface area contributed by atoms with Crippen LogP contribution in [-0.4, -0.2) is 38.8 Å². The van der Waals surface area contributed by atoms with E-state index in [1.54, 1.807) is 24.2 Å². The van der Waals surface area contributed by atoms with Crippen molar-refractivity contribution in [3.8, 4) is 17.1 Å². The minimum Gasteiger partial charge on any atom is -0.494 e. The lowest BCUT2D eigenvalue weighted by atomic mass is 10.1. The Morgan fingerprint density at radius 3 is 2.65 bits per heavy atom. The molecule has 1 aromatic carbocycles. The molecule has 8 heteroatoms. The Balaban J connectivity index is 1.84. The Morgan fingerprint density at radius 2 is 2.00 bits per heavy atom. The zero-order valence-electron chi connectivity index (χ0n) is 15.2. The Hall–Kier alpha value is -3.13. The molecule has 4 N–H and O–H groups in total. The first-order valence-electron chi connectivity index (χ1n) is 8.18. The highest BCUT2D eigenvalue weighted by atomic mass is 16.5. The molecule has 0 bridgehead atoms. The van der Waals surface area contributed by atoms with Crippen molar-refractivity contribution in [2.45, 2.75) is 13.1 Å². The summed E-state index contributed by atoms with van der Waals surface area (Å²) < 4.78 is 7.10. The summed E-state index contributed by atoms with van der Waals surface area (Å²) >= 11 is 0. The summed E-state index contributed by atoms with van der Waals surface area (Å²) in [7, 11) is 5.43. The summed E-state index contributed by atoms with van der Waals surface area (Å²) in [5, 5.41) is 4.36. The van der Waals surface area contributed by atoms with Gasteiger partial charge in [-0.1, -0.05) is 6.07 Å². The number of rotatable bonds is 6. The van der Waals surface area contributed by atoms with E-state index in [9.17, 15) is 0 Å². The fourth-order valence-electron chi connectivity index (χ4n) is 2.89. The molecule has 3 aromatic rings. The number of nitrogen functional groups attached to an aromatic ring is 2. The summed E-state index contributed by atoms with van der Waals surface area (Å²) in [6.07, 6.45) is 1.65. The molecule has 0 aliphatic heterocycles. The highest BCUT2D eigenvalue weighted by Gasteiger charge is 2.16. The lowest BCUT2D eigenvalue weighted by Crippen LogP contribution is -2.18. The van der Waals surface area contributed by atoms with Crippen LogP contribution in [0, 0.1) is 0 Å². The topological polar surface area (TPSA) is 108 Å². The summed E-state index contributed by atoms with van der Waals surface area (Å²) in [4.78, 5) is 10.8. The average Bonchev–Trinajstić information content (AvgIpc) is 3.00. The third kappa shape index (κ3) is 3.92. The van der Waals surface area contributed by atoms with Crippen LogP contribution in [0.1, 0.15) is 11.3 Å². The van der Waals surface area contributed by atoms with Crippen LogP contribution in [0.4, 0.5) is 11.5 Å². The molecule has 26 heavy (non-hydrogen) atoms. The van der Waals surface area contributed by atoms with E-state index >= 15 is 0 Å². The van der Waals surface area contributed by atoms with Gasteiger partial charge in [0.25, 0.3) is 0 Å². The van der Waals surface area contributed by atoms with Crippen LogP contribution in [0.2, 0.25) is 0 Å². The lowest BCUT2D eigenvalue weighted by molar-refractivity contribution is 0.315. The molecular formula is C18H23N7O. The van der Waals surface area contributed by atoms with E-state index < -0.39 is 0 Å². The van der Waals surface area contributed by atoms with Gasteiger partial charge in [-0.05, 0) is 36.9 Å². The normalized spacial score (nSPS) is 11.1. The fraction of sp³-hybridized carbons (Fsp3) is 0.278. The van der Waals surface area contributed by atoms with Gasteiger partial charge in [0.05, 0.1) is 24.1 Å². The Morgan fingerprint density at radius 1 is 1.19 bits per heavy atom. The molecule has 0 radical (unpaired) electrons. The second-order valence-electron chi connectivity index (χ2n) is 6.23. The zero-order chi connectivity index (χ0) is 18.7. The van der Waals surface area contributed by atoms with Gasteiger partial charge >= 0.3 is 0 Å². The second-order valence-corrected chi connectivity index (χ2v) is 6.23. The third-order valence-electron chi connectivity index (χ3n) is 3.93. The number of hydrogen-bond donors (Lipinski definition) is 2. The number of aromatic nitrogens is 4. The monoisotopic (exact) mass is 353 g/mol. The number of nitrogens with zero attached hydrogens (tertiary/aromatic N) is 5. The smallest absolute Gasteiger partial charge is 0.184 e. The SMILES string of the molecule is COc1c(N)cc(CN(C)Cc2cccc(N)n2)cc1-c1ncn(C)n1. The maximum atomic E-state index is 6.19. The molecular weight excluding hydrogens is 330 g/mol. The average molecular weight is 353 g/mol. The molecule has 0 spiro atoms. The largest absolute Gasteiger partial charge is 0.494 e. The number of benzene rings is 1. The van der Waals surface area contributed by atoms with Gasteiger partial charge < -0.3 is 16.2 Å². The van der Waals surface area contributed by atoms with Crippen molar-refractivity contribution < 1.29 is 4.74 Å². The standard InChI is InChI=1S/C18H23N7O/c1-24(10-13-5-4-6-16(20)22-13)9-12-7-14(17(26-3)15(19)8-12)18-21-11-25(2)23-18/h4-8,11H,9-10,19H2,1-3H3,(H2,20,22). The molecule has 0 unspecified atom stereocenters. The van der Waals surface area contributed by atoms with Gasteiger partial charge in [0, 0.05) is 20.1 Å². The van der Waals surface area contributed by atoms with Gasteiger partial charge in [0.2, 0.25) is 0 Å². The maximum Gasteiger partial charge on any atom is 0.184 e. The molecule has 0 saturated carbocycles. The lowest BCUT2D eigenvalue weighted by Gasteiger charge is -2.18. The van der Waals surface area contributed by atoms with Crippen molar-refractivity contribution in [1.29, 1.82) is 0 Å². The van der Waals surface area contributed by atoms with Gasteiger partial charge in [-0.15, -0.1) is 0 Å². The van der Waals surface area contributed by atoms with Crippen LogP contribution in [0.15, 0.2) is 36.7 Å². The first kappa shape index (κ1) is 17.7.